The normalized spacial score (nSPS) is 26.7. The Morgan fingerprint density at radius 2 is 1.42 bits per heavy atom. The number of aliphatic hydroxyl groups excluding tert-OH is 2. The Morgan fingerprint density at radius 1 is 0.776 bits per heavy atom. The van der Waals surface area contributed by atoms with Gasteiger partial charge in [0.2, 0.25) is 24.6 Å². The van der Waals surface area contributed by atoms with Crippen molar-refractivity contribution >= 4 is 12.1 Å². The average Bonchev–Trinajstić information content (AvgIpc) is 3.96. The lowest BCUT2D eigenvalue weighted by molar-refractivity contribution is -0.344. The number of aliphatic hydroxyl groups is 2. The van der Waals surface area contributed by atoms with Crippen molar-refractivity contribution in [2.45, 2.75) is 115 Å². The van der Waals surface area contributed by atoms with E-state index in [9.17, 15) is 19.8 Å². The quantitative estimate of drug-likeness (QED) is 0.0527. The van der Waals surface area contributed by atoms with E-state index in [4.69, 9.17) is 52.1 Å². The Balaban J connectivity index is 0.955. The number of allylic oxidation sites excluding steroid dienone is 12. The van der Waals surface area contributed by atoms with Crippen molar-refractivity contribution in [2.75, 3.05) is 40.8 Å². The number of hydrogen-bond donors (Lipinski definition) is 2. The second-order valence-electron chi connectivity index (χ2n) is 16.8. The third-order valence-corrected chi connectivity index (χ3v) is 12.2. The lowest BCUT2D eigenvalue weighted by Gasteiger charge is -2.45. The fourth-order valence-electron chi connectivity index (χ4n) is 8.90. The van der Waals surface area contributed by atoms with Crippen LogP contribution in [0.3, 0.4) is 0 Å². The van der Waals surface area contributed by atoms with E-state index in [1.165, 1.54) is 14.2 Å². The summed E-state index contributed by atoms with van der Waals surface area (Å²) >= 11 is 0. The molecule has 67 heavy (non-hydrogen) atoms. The molecule has 0 radical (unpaired) electrons. The van der Waals surface area contributed by atoms with Crippen LogP contribution in [0, 0.1) is 11.8 Å². The van der Waals surface area contributed by atoms with Gasteiger partial charge >= 0.3 is 12.1 Å². The van der Waals surface area contributed by atoms with Crippen LogP contribution in [0.4, 0.5) is 4.79 Å². The van der Waals surface area contributed by atoms with Crippen molar-refractivity contribution in [2.24, 2.45) is 11.8 Å². The Labute approximate surface area is 392 Å². The molecule has 2 aromatic carbocycles. The maximum atomic E-state index is 13.5. The molecule has 3 saturated heterocycles. The van der Waals surface area contributed by atoms with Crippen molar-refractivity contribution in [3.63, 3.8) is 0 Å². The molecule has 0 spiro atoms. The summed E-state index contributed by atoms with van der Waals surface area (Å²) in [5, 5.41) is 22.3. The van der Waals surface area contributed by atoms with E-state index < -0.39 is 55.0 Å². The van der Waals surface area contributed by atoms with Gasteiger partial charge < -0.3 is 62.3 Å². The number of hydrogen-bond acceptors (Lipinski definition) is 15. The minimum Gasteiger partial charge on any atom is -0.493 e. The van der Waals surface area contributed by atoms with E-state index in [-0.39, 0.29) is 61.5 Å². The van der Waals surface area contributed by atoms with E-state index >= 15 is 0 Å². The molecule has 2 N–H and O–H groups in total. The Kier molecular flexibility index (Phi) is 18.0. The molecule has 2 unspecified atom stereocenters. The van der Waals surface area contributed by atoms with Crippen LogP contribution in [-0.4, -0.2) is 100 Å². The first-order chi connectivity index (χ1) is 32.7. The van der Waals surface area contributed by atoms with E-state index in [2.05, 4.69) is 79.8 Å². The maximum Gasteiger partial charge on any atom is 0.514 e. The number of esters is 1. The van der Waals surface area contributed by atoms with Crippen LogP contribution < -0.4 is 28.4 Å². The lowest BCUT2D eigenvalue weighted by atomic mass is 9.67. The highest BCUT2D eigenvalue weighted by molar-refractivity contribution is 5.79. The molecule has 4 heterocycles. The molecule has 2 aromatic rings. The fourth-order valence-corrected chi connectivity index (χ4v) is 8.90. The van der Waals surface area contributed by atoms with E-state index in [1.54, 1.807) is 19.1 Å². The molecule has 0 bridgehead atoms. The number of methoxy groups -OCH3 is 2. The third kappa shape index (κ3) is 12.3. The molecule has 9 atom stereocenters. The largest absolute Gasteiger partial charge is 0.514 e. The highest BCUT2D eigenvalue weighted by Gasteiger charge is 2.52. The van der Waals surface area contributed by atoms with Gasteiger partial charge in [0.25, 0.3) is 0 Å². The summed E-state index contributed by atoms with van der Waals surface area (Å²) in [7, 11) is 2.87. The number of rotatable bonds is 21. The molecule has 0 amide bonds. The van der Waals surface area contributed by atoms with Crippen LogP contribution in [-0.2, 0) is 34.9 Å². The van der Waals surface area contributed by atoms with Gasteiger partial charge in [-0.2, -0.15) is 0 Å². The standard InChI is InChI=1S/C52H64O15/c1-5-6-7-8-9-10-11-12-13-14-15-16-17-18-19-20-21-22-23-24-25-59-52(56)67-47-38(57-3)27-34(28-39(47)58-4)42-36-29-40-49(63-32-62-40)46(37(36)26-35-30-61-50(55)43(35)42)66-51-45(54)44(53)48-41(65-51)31-60-33(2)64-48/h6-7,9-10,12-13,15-16,18-19,21-22,27-29,33,35,41-45,48,51,53-54H,5,8,11,14,17,20,23-26,30-32H2,1-4H3/t33-,35+,41-,42-,43?,44-,45-,48?,51+/m1/s1. The van der Waals surface area contributed by atoms with Gasteiger partial charge in [0.15, 0.2) is 29.3 Å². The lowest BCUT2D eigenvalue weighted by Crippen LogP contribution is -2.63. The van der Waals surface area contributed by atoms with Gasteiger partial charge in [-0.25, -0.2) is 4.79 Å². The molecular weight excluding hydrogens is 865 g/mol. The Hall–Kier alpha value is -5.58. The van der Waals surface area contributed by atoms with Crippen LogP contribution in [0.2, 0.25) is 0 Å². The van der Waals surface area contributed by atoms with Crippen molar-refractivity contribution < 1.29 is 71.9 Å². The minimum absolute atomic E-state index is 0.0114. The van der Waals surface area contributed by atoms with Gasteiger partial charge in [0.1, 0.15) is 24.4 Å². The summed E-state index contributed by atoms with van der Waals surface area (Å²) in [6, 6.07) is 5.19. The summed E-state index contributed by atoms with van der Waals surface area (Å²) in [4.78, 5) is 26.5. The summed E-state index contributed by atoms with van der Waals surface area (Å²) in [6.45, 7) is 4.17. The molecule has 7 rings (SSSR count). The van der Waals surface area contributed by atoms with Crippen LogP contribution in [0.15, 0.2) is 91.1 Å². The van der Waals surface area contributed by atoms with Crippen molar-refractivity contribution in [3.05, 3.63) is 108 Å². The van der Waals surface area contributed by atoms with Gasteiger partial charge in [-0.1, -0.05) is 79.8 Å². The Bertz CT molecular complexity index is 2150. The monoisotopic (exact) mass is 928 g/mol. The summed E-state index contributed by atoms with van der Waals surface area (Å²) in [5.41, 5.74) is 1.95. The highest BCUT2D eigenvalue weighted by Crippen LogP contribution is 2.56. The van der Waals surface area contributed by atoms with E-state index in [0.717, 1.165) is 44.9 Å². The second kappa shape index (κ2) is 24.4. The molecule has 3 fully saturated rings. The van der Waals surface area contributed by atoms with Crippen LogP contribution >= 0.6 is 0 Å². The second-order valence-corrected chi connectivity index (χ2v) is 16.8. The molecule has 1 aliphatic carbocycles. The van der Waals surface area contributed by atoms with Gasteiger partial charge in [0, 0.05) is 17.4 Å². The van der Waals surface area contributed by atoms with Gasteiger partial charge in [-0.05, 0) is 94.0 Å². The number of unbranched alkanes of at least 4 members (excludes halogenated alkanes) is 1. The van der Waals surface area contributed by atoms with Gasteiger partial charge in [-0.15, -0.1) is 0 Å². The number of carbonyl (C=O) groups excluding carboxylic acids is 2. The number of carbonyl (C=O) groups is 2. The zero-order valence-corrected chi connectivity index (χ0v) is 38.8. The first-order valence-electron chi connectivity index (χ1n) is 23.3. The van der Waals surface area contributed by atoms with Crippen LogP contribution in [0.5, 0.6) is 34.5 Å². The molecular formula is C52H64O15. The van der Waals surface area contributed by atoms with Crippen LogP contribution in [0.1, 0.15) is 87.8 Å². The topological polar surface area (TPSA) is 176 Å². The Morgan fingerprint density at radius 3 is 2.06 bits per heavy atom. The smallest absolute Gasteiger partial charge is 0.493 e. The zero-order chi connectivity index (χ0) is 47.1. The number of benzene rings is 2. The van der Waals surface area contributed by atoms with Gasteiger partial charge in [-0.3, -0.25) is 4.79 Å². The summed E-state index contributed by atoms with van der Waals surface area (Å²) in [6.07, 6.45) is 26.1. The first kappa shape index (κ1) is 49.3. The molecule has 4 aliphatic heterocycles. The van der Waals surface area contributed by atoms with E-state index in [1.807, 2.05) is 6.07 Å². The molecule has 0 saturated carbocycles. The predicted octanol–water partition coefficient (Wildman–Crippen LogP) is 8.49. The highest BCUT2D eigenvalue weighted by atomic mass is 16.8. The number of ether oxygens (including phenoxy) is 11. The predicted molar refractivity (Wildman–Crippen MR) is 247 cm³/mol. The molecule has 15 nitrogen and oxygen atoms in total. The van der Waals surface area contributed by atoms with E-state index in [0.29, 0.717) is 41.0 Å². The van der Waals surface area contributed by atoms with Crippen molar-refractivity contribution in [3.8, 4) is 34.5 Å². The zero-order valence-electron chi connectivity index (χ0n) is 38.8. The van der Waals surface area contributed by atoms with Gasteiger partial charge in [0.05, 0.1) is 40.0 Å². The number of fused-ring (bicyclic) bond motifs is 4. The minimum atomic E-state index is -1.49. The summed E-state index contributed by atoms with van der Waals surface area (Å²) < 4.78 is 63.9. The molecule has 362 valence electrons. The first-order valence-corrected chi connectivity index (χ1v) is 23.3. The summed E-state index contributed by atoms with van der Waals surface area (Å²) in [5.74, 6) is -0.668. The maximum absolute atomic E-state index is 13.5. The van der Waals surface area contributed by atoms with Crippen molar-refractivity contribution in [1.82, 2.24) is 0 Å². The number of cyclic esters (lactones) is 1. The molecule has 5 aliphatic rings. The van der Waals surface area contributed by atoms with Crippen LogP contribution in [0.25, 0.3) is 0 Å². The molecule has 15 heteroatoms. The fraction of sp³-hybridized carbons (Fsp3) is 0.500. The molecule has 0 aromatic heterocycles. The SMILES string of the molecule is CCC=CCC=CCC=CCC=CCC=CCC=CCCCOC(=O)Oc1c(OC)cc([C@@H]2c3cc4c(c(O[C@@H]5O[C@@H]6CO[C@@H](C)OC6[C@H](O)[C@H]5O)c3C[C@H]3COC(=O)C32)OCO4)cc1OC. The van der Waals surface area contributed by atoms with Crippen molar-refractivity contribution in [1.29, 1.82) is 0 Å². The average molecular weight is 929 g/mol. The third-order valence-electron chi connectivity index (χ3n) is 12.2.